The molecule has 0 atom stereocenters. The Morgan fingerprint density at radius 1 is 1.33 bits per heavy atom. The highest BCUT2D eigenvalue weighted by Crippen LogP contribution is 2.05. The highest BCUT2D eigenvalue weighted by Gasteiger charge is 2.14. The first-order valence-electron chi connectivity index (χ1n) is 5.63. The minimum absolute atomic E-state index is 0.155. The molecule has 0 radical (unpaired) electrons. The van der Waals surface area contributed by atoms with Gasteiger partial charge in [-0.3, -0.25) is 0 Å². The Bertz CT molecular complexity index is 369. The summed E-state index contributed by atoms with van der Waals surface area (Å²) >= 11 is 0. The molecule has 5 nitrogen and oxygen atoms in total. The van der Waals surface area contributed by atoms with Crippen LogP contribution in [0.2, 0.25) is 0 Å². The van der Waals surface area contributed by atoms with Crippen molar-refractivity contribution < 1.29 is 19.1 Å². The molecular weight excluding hydrogens is 234 g/mol. The maximum Gasteiger partial charge on any atom is 0.408 e. The summed E-state index contributed by atoms with van der Waals surface area (Å²) in [5.74, 6) is 4.80. The third-order valence-electron chi connectivity index (χ3n) is 1.41. The maximum absolute atomic E-state index is 11.2. The molecule has 0 spiro atoms. The van der Waals surface area contributed by atoms with Crippen molar-refractivity contribution in [2.24, 2.45) is 0 Å². The topological polar surface area (TPSA) is 64.6 Å². The van der Waals surface area contributed by atoms with Crippen LogP contribution in [0.3, 0.4) is 0 Å². The van der Waals surface area contributed by atoms with Crippen molar-refractivity contribution in [3.63, 3.8) is 0 Å². The highest BCUT2D eigenvalue weighted by atomic mass is 16.6. The third kappa shape index (κ3) is 10.6. The first kappa shape index (κ1) is 16.0. The zero-order valence-electron chi connectivity index (χ0n) is 11.2. The van der Waals surface area contributed by atoms with Crippen molar-refractivity contribution in [3.8, 4) is 11.8 Å². The van der Waals surface area contributed by atoms with Gasteiger partial charge in [0.1, 0.15) is 5.60 Å². The van der Waals surface area contributed by atoms with E-state index >= 15 is 0 Å². The molecule has 0 aliphatic carbocycles. The number of ether oxygens (including phenoxy) is 2. The molecule has 1 N–H and O–H groups in total. The molecule has 0 unspecified atom stereocenters. The van der Waals surface area contributed by atoms with Gasteiger partial charge in [-0.1, -0.05) is 11.8 Å². The van der Waals surface area contributed by atoms with Gasteiger partial charge in [0.2, 0.25) is 0 Å². The fourth-order valence-electron chi connectivity index (χ4n) is 0.841. The van der Waals surface area contributed by atoms with E-state index in [4.69, 9.17) is 4.74 Å². The van der Waals surface area contributed by atoms with Crippen molar-refractivity contribution in [1.29, 1.82) is 0 Å². The SMILES string of the molecule is CCOC(=O)/C=C/C#CCNC(=O)OC(C)(C)C. The Balaban J connectivity index is 3.86. The fourth-order valence-corrected chi connectivity index (χ4v) is 0.841. The second-order valence-corrected chi connectivity index (χ2v) is 4.26. The first-order chi connectivity index (χ1) is 8.35. The summed E-state index contributed by atoms with van der Waals surface area (Å²) in [6.45, 7) is 7.54. The molecule has 100 valence electrons. The summed E-state index contributed by atoms with van der Waals surface area (Å²) < 4.78 is 9.66. The Labute approximate surface area is 108 Å². The second-order valence-electron chi connectivity index (χ2n) is 4.26. The number of rotatable bonds is 3. The molecule has 1 amide bonds. The summed E-state index contributed by atoms with van der Waals surface area (Å²) in [6, 6.07) is 0. The summed E-state index contributed by atoms with van der Waals surface area (Å²) in [5, 5.41) is 2.47. The number of amides is 1. The van der Waals surface area contributed by atoms with Crippen molar-refractivity contribution >= 4 is 12.1 Å². The Morgan fingerprint density at radius 2 is 2.00 bits per heavy atom. The highest BCUT2D eigenvalue weighted by molar-refractivity contribution is 5.82. The predicted octanol–water partition coefficient (Wildman–Crippen LogP) is 1.63. The average Bonchev–Trinajstić information content (AvgIpc) is 2.21. The van der Waals surface area contributed by atoms with Crippen LogP contribution in [0.4, 0.5) is 4.79 Å². The molecule has 0 aliphatic rings. The van der Waals surface area contributed by atoms with Crippen molar-refractivity contribution in [2.45, 2.75) is 33.3 Å². The molecule has 0 saturated heterocycles. The van der Waals surface area contributed by atoms with Crippen LogP contribution >= 0.6 is 0 Å². The molecule has 5 heteroatoms. The fraction of sp³-hybridized carbons (Fsp3) is 0.538. The van der Waals surface area contributed by atoms with Crippen molar-refractivity contribution in [3.05, 3.63) is 12.2 Å². The van der Waals surface area contributed by atoms with E-state index in [2.05, 4.69) is 21.9 Å². The number of nitrogens with one attached hydrogen (secondary N) is 1. The van der Waals surface area contributed by atoms with Crippen LogP contribution < -0.4 is 5.32 Å². The lowest BCUT2D eigenvalue weighted by Gasteiger charge is -2.18. The number of esters is 1. The minimum Gasteiger partial charge on any atom is -0.463 e. The zero-order valence-corrected chi connectivity index (χ0v) is 11.2. The smallest absolute Gasteiger partial charge is 0.408 e. The zero-order chi connectivity index (χ0) is 14.0. The van der Waals surface area contributed by atoms with Gasteiger partial charge >= 0.3 is 12.1 Å². The first-order valence-corrected chi connectivity index (χ1v) is 5.63. The monoisotopic (exact) mass is 253 g/mol. The third-order valence-corrected chi connectivity index (χ3v) is 1.41. The molecule has 0 bridgehead atoms. The molecule has 0 aromatic rings. The molecule has 0 fully saturated rings. The van der Waals surface area contributed by atoms with Gasteiger partial charge < -0.3 is 14.8 Å². The number of carbonyl (C=O) groups is 2. The van der Waals surface area contributed by atoms with Gasteiger partial charge in [-0.05, 0) is 33.8 Å². The lowest BCUT2D eigenvalue weighted by atomic mass is 10.2. The van der Waals surface area contributed by atoms with E-state index in [0.717, 1.165) is 0 Å². The molecule has 0 aromatic heterocycles. The Kier molecular flexibility index (Phi) is 7.29. The summed E-state index contributed by atoms with van der Waals surface area (Å²) in [4.78, 5) is 22.1. The van der Waals surface area contributed by atoms with Crippen LogP contribution in [0.25, 0.3) is 0 Å². The largest absolute Gasteiger partial charge is 0.463 e. The molecule has 0 heterocycles. The number of hydrogen-bond acceptors (Lipinski definition) is 4. The minimum atomic E-state index is -0.526. The van der Waals surface area contributed by atoms with Crippen LogP contribution in [0.1, 0.15) is 27.7 Å². The quantitative estimate of drug-likeness (QED) is 0.471. The normalized spacial score (nSPS) is 10.4. The summed E-state index contributed by atoms with van der Waals surface area (Å²) in [5.41, 5.74) is -0.526. The van der Waals surface area contributed by atoms with Gasteiger partial charge in [-0.15, -0.1) is 0 Å². The van der Waals surface area contributed by atoms with Gasteiger partial charge in [-0.25, -0.2) is 9.59 Å². The van der Waals surface area contributed by atoms with Crippen LogP contribution in [0.5, 0.6) is 0 Å². The summed E-state index contributed by atoms with van der Waals surface area (Å²) in [7, 11) is 0. The number of carbonyl (C=O) groups excluding carboxylic acids is 2. The second kappa shape index (κ2) is 8.18. The predicted molar refractivity (Wildman–Crippen MR) is 67.8 cm³/mol. The molecule has 0 rings (SSSR count). The summed E-state index contributed by atoms with van der Waals surface area (Å²) in [6.07, 6.45) is 2.07. The van der Waals surface area contributed by atoms with Crippen LogP contribution in [-0.2, 0) is 14.3 Å². The number of alkyl carbamates (subject to hydrolysis) is 1. The van der Waals surface area contributed by atoms with Gasteiger partial charge in [-0.2, -0.15) is 0 Å². The lowest BCUT2D eigenvalue weighted by molar-refractivity contribution is -0.137. The van der Waals surface area contributed by atoms with E-state index in [0.29, 0.717) is 6.61 Å². The van der Waals surface area contributed by atoms with Crippen molar-refractivity contribution in [1.82, 2.24) is 5.32 Å². The lowest BCUT2D eigenvalue weighted by Crippen LogP contribution is -2.32. The Morgan fingerprint density at radius 3 is 2.56 bits per heavy atom. The standard InChI is InChI=1S/C13H19NO4/c1-5-17-11(15)9-7-6-8-10-14-12(16)18-13(2,3)4/h7,9H,5,10H2,1-4H3,(H,14,16)/b9-7+. The Hall–Kier alpha value is -1.96. The van der Waals surface area contributed by atoms with E-state index in [1.54, 1.807) is 27.7 Å². The van der Waals surface area contributed by atoms with E-state index in [9.17, 15) is 9.59 Å². The molecule has 0 saturated carbocycles. The van der Waals surface area contributed by atoms with Crippen LogP contribution in [0, 0.1) is 11.8 Å². The van der Waals surface area contributed by atoms with Crippen LogP contribution in [0.15, 0.2) is 12.2 Å². The molecular formula is C13H19NO4. The molecule has 0 aliphatic heterocycles. The van der Waals surface area contributed by atoms with E-state index < -0.39 is 17.7 Å². The van der Waals surface area contributed by atoms with E-state index in [1.807, 2.05) is 0 Å². The number of hydrogen-bond donors (Lipinski definition) is 1. The van der Waals surface area contributed by atoms with Gasteiger partial charge in [0, 0.05) is 6.08 Å². The van der Waals surface area contributed by atoms with Gasteiger partial charge in [0.15, 0.2) is 0 Å². The number of allylic oxidation sites excluding steroid dienone is 1. The van der Waals surface area contributed by atoms with Crippen LogP contribution in [-0.4, -0.2) is 30.8 Å². The molecule has 0 aromatic carbocycles. The van der Waals surface area contributed by atoms with E-state index in [-0.39, 0.29) is 6.54 Å². The maximum atomic E-state index is 11.2. The van der Waals surface area contributed by atoms with E-state index in [1.165, 1.54) is 12.2 Å². The van der Waals surface area contributed by atoms with Crippen molar-refractivity contribution in [2.75, 3.05) is 13.2 Å². The van der Waals surface area contributed by atoms with Gasteiger partial charge in [0.05, 0.1) is 13.2 Å². The van der Waals surface area contributed by atoms with Gasteiger partial charge in [0.25, 0.3) is 0 Å². The average molecular weight is 253 g/mol. The molecule has 18 heavy (non-hydrogen) atoms.